The van der Waals surface area contributed by atoms with Crippen molar-refractivity contribution in [3.8, 4) is 22.8 Å². The van der Waals surface area contributed by atoms with Crippen molar-refractivity contribution in [3.63, 3.8) is 0 Å². The van der Waals surface area contributed by atoms with Gasteiger partial charge in [-0.05, 0) is 55.2 Å². The van der Waals surface area contributed by atoms with Crippen LogP contribution in [0.3, 0.4) is 0 Å². The number of ether oxygens (including phenoxy) is 2. The second-order valence-corrected chi connectivity index (χ2v) is 8.77. The van der Waals surface area contributed by atoms with Gasteiger partial charge in [0.05, 0.1) is 26.2 Å². The van der Waals surface area contributed by atoms with Crippen molar-refractivity contribution in [1.29, 1.82) is 0 Å². The molecule has 35 heavy (non-hydrogen) atoms. The molecule has 0 saturated carbocycles. The average molecular weight is 472 g/mol. The van der Waals surface area contributed by atoms with Gasteiger partial charge in [0.15, 0.2) is 11.5 Å². The minimum absolute atomic E-state index is 0.106. The highest BCUT2D eigenvalue weighted by Gasteiger charge is 2.22. The van der Waals surface area contributed by atoms with E-state index in [0.717, 1.165) is 35.4 Å². The number of aromatic nitrogens is 2. The first-order valence-corrected chi connectivity index (χ1v) is 11.8. The van der Waals surface area contributed by atoms with E-state index >= 15 is 0 Å². The lowest BCUT2D eigenvalue weighted by Crippen LogP contribution is -2.29. The Morgan fingerprint density at radius 2 is 1.86 bits per heavy atom. The van der Waals surface area contributed by atoms with Crippen molar-refractivity contribution < 1.29 is 13.9 Å². The van der Waals surface area contributed by atoms with Gasteiger partial charge in [-0.15, -0.1) is 0 Å². The molecule has 0 aliphatic carbocycles. The zero-order chi connectivity index (χ0) is 24.4. The van der Waals surface area contributed by atoms with Crippen LogP contribution in [-0.4, -0.2) is 30.3 Å². The number of nitrogens with one attached hydrogen (secondary N) is 1. The number of furan rings is 1. The van der Waals surface area contributed by atoms with Crippen LogP contribution in [0.15, 0.2) is 70.1 Å². The SMILES string of the molecule is COc1cc2c(cc1OC)-c1cc(NCC[C@H](c3ccc(C)cc3)c3ccco3)nc(=O)n1CC2. The Bertz CT molecular complexity index is 1370. The molecule has 1 aliphatic rings. The topological polar surface area (TPSA) is 78.5 Å². The van der Waals surface area contributed by atoms with Gasteiger partial charge in [0, 0.05) is 30.6 Å². The molecule has 1 aliphatic heterocycles. The molecule has 0 fully saturated rings. The molecule has 0 saturated heterocycles. The summed E-state index contributed by atoms with van der Waals surface area (Å²) in [6, 6.07) is 18.3. The van der Waals surface area contributed by atoms with Crippen molar-refractivity contribution in [3.05, 3.63) is 93.8 Å². The van der Waals surface area contributed by atoms with Crippen molar-refractivity contribution in [2.45, 2.75) is 32.2 Å². The van der Waals surface area contributed by atoms with E-state index in [1.54, 1.807) is 25.0 Å². The maximum absolute atomic E-state index is 12.9. The lowest BCUT2D eigenvalue weighted by molar-refractivity contribution is 0.354. The first-order chi connectivity index (χ1) is 17.1. The van der Waals surface area contributed by atoms with E-state index in [-0.39, 0.29) is 11.6 Å². The molecule has 3 heterocycles. The molecular weight excluding hydrogens is 442 g/mol. The van der Waals surface area contributed by atoms with Crippen molar-refractivity contribution in [2.75, 3.05) is 26.1 Å². The van der Waals surface area contributed by atoms with Crippen LogP contribution in [0.4, 0.5) is 5.82 Å². The summed E-state index contributed by atoms with van der Waals surface area (Å²) in [5, 5.41) is 3.37. The van der Waals surface area contributed by atoms with E-state index in [2.05, 4.69) is 41.5 Å². The van der Waals surface area contributed by atoms with Crippen LogP contribution >= 0.6 is 0 Å². The number of hydrogen-bond acceptors (Lipinski definition) is 6. The van der Waals surface area contributed by atoms with Crippen LogP contribution < -0.4 is 20.5 Å². The molecule has 2 aromatic carbocycles. The van der Waals surface area contributed by atoms with E-state index in [1.165, 1.54) is 11.1 Å². The van der Waals surface area contributed by atoms with E-state index in [4.69, 9.17) is 13.9 Å². The summed E-state index contributed by atoms with van der Waals surface area (Å²) in [7, 11) is 3.24. The molecule has 7 heteroatoms. The number of benzene rings is 2. The maximum Gasteiger partial charge on any atom is 0.349 e. The highest BCUT2D eigenvalue weighted by molar-refractivity contribution is 5.71. The molecule has 0 spiro atoms. The predicted octanol–water partition coefficient (Wildman–Crippen LogP) is 5.02. The van der Waals surface area contributed by atoms with Crippen LogP contribution in [0, 0.1) is 6.92 Å². The van der Waals surface area contributed by atoms with Crippen molar-refractivity contribution >= 4 is 5.82 Å². The summed E-state index contributed by atoms with van der Waals surface area (Å²) in [6.45, 7) is 3.29. The van der Waals surface area contributed by atoms with Crippen LogP contribution in [0.25, 0.3) is 11.3 Å². The number of fused-ring (bicyclic) bond motifs is 3. The molecule has 5 rings (SSSR count). The number of rotatable bonds is 8. The second-order valence-electron chi connectivity index (χ2n) is 8.77. The van der Waals surface area contributed by atoms with Crippen LogP contribution in [-0.2, 0) is 13.0 Å². The van der Waals surface area contributed by atoms with Crippen molar-refractivity contribution in [1.82, 2.24) is 9.55 Å². The third-order valence-corrected chi connectivity index (χ3v) is 6.61. The molecule has 7 nitrogen and oxygen atoms in total. The molecule has 0 unspecified atom stereocenters. The highest BCUT2D eigenvalue weighted by atomic mass is 16.5. The van der Waals surface area contributed by atoms with Gasteiger partial charge in [-0.3, -0.25) is 4.57 Å². The number of aryl methyl sites for hydroxylation is 2. The summed E-state index contributed by atoms with van der Waals surface area (Å²) >= 11 is 0. The number of nitrogens with zero attached hydrogens (tertiary/aromatic N) is 2. The zero-order valence-corrected chi connectivity index (χ0v) is 20.2. The van der Waals surface area contributed by atoms with Gasteiger partial charge in [-0.2, -0.15) is 4.98 Å². The van der Waals surface area contributed by atoms with Crippen molar-refractivity contribution in [2.24, 2.45) is 0 Å². The van der Waals surface area contributed by atoms with Gasteiger partial charge in [0.1, 0.15) is 11.6 Å². The number of methoxy groups -OCH3 is 2. The molecule has 1 atom stereocenters. The Morgan fingerprint density at radius 3 is 2.57 bits per heavy atom. The fraction of sp³-hybridized carbons (Fsp3) is 0.286. The van der Waals surface area contributed by atoms with Gasteiger partial charge in [-0.1, -0.05) is 29.8 Å². The fourth-order valence-electron chi connectivity index (χ4n) is 4.74. The third-order valence-electron chi connectivity index (χ3n) is 6.61. The Hall–Kier alpha value is -4.00. The average Bonchev–Trinajstić information content (AvgIpc) is 3.41. The summed E-state index contributed by atoms with van der Waals surface area (Å²) in [4.78, 5) is 17.1. The van der Waals surface area contributed by atoms with Gasteiger partial charge in [0.25, 0.3) is 0 Å². The Kier molecular flexibility index (Phi) is 6.31. The minimum atomic E-state index is -0.258. The fourth-order valence-corrected chi connectivity index (χ4v) is 4.74. The van der Waals surface area contributed by atoms with E-state index in [9.17, 15) is 4.79 Å². The largest absolute Gasteiger partial charge is 0.493 e. The van der Waals surface area contributed by atoms with E-state index in [0.29, 0.717) is 30.4 Å². The molecule has 0 amide bonds. The Morgan fingerprint density at radius 1 is 1.09 bits per heavy atom. The van der Waals surface area contributed by atoms with Gasteiger partial charge >= 0.3 is 5.69 Å². The highest BCUT2D eigenvalue weighted by Crippen LogP contribution is 2.38. The van der Waals surface area contributed by atoms with E-state index < -0.39 is 0 Å². The molecule has 0 radical (unpaired) electrons. The maximum atomic E-state index is 12.9. The molecular formula is C28H29N3O4. The van der Waals surface area contributed by atoms with Crippen LogP contribution in [0.1, 0.15) is 34.8 Å². The van der Waals surface area contributed by atoms with Crippen LogP contribution in [0.2, 0.25) is 0 Å². The minimum Gasteiger partial charge on any atom is -0.493 e. The standard InChI is InChI=1S/C28H29N3O4/c1-18-6-8-19(9-7-18)21(24-5-4-14-35-24)10-12-29-27-17-23-22-16-26(34-3)25(33-2)15-20(22)11-13-31(23)28(32)30-27/h4-9,14-17,21H,10-13H2,1-3H3,(H,29,30,32)/t21-/m1/s1. The van der Waals surface area contributed by atoms with E-state index in [1.807, 2.05) is 30.3 Å². The summed E-state index contributed by atoms with van der Waals surface area (Å²) in [6.07, 6.45) is 3.23. The summed E-state index contributed by atoms with van der Waals surface area (Å²) in [5.74, 6) is 2.91. The lowest BCUT2D eigenvalue weighted by atomic mass is 9.92. The van der Waals surface area contributed by atoms with Crippen LogP contribution in [0.5, 0.6) is 11.5 Å². The third kappa shape index (κ3) is 4.54. The number of hydrogen-bond donors (Lipinski definition) is 1. The molecule has 180 valence electrons. The second kappa shape index (κ2) is 9.70. The lowest BCUT2D eigenvalue weighted by Gasteiger charge is -2.23. The Balaban J connectivity index is 1.40. The predicted molar refractivity (Wildman–Crippen MR) is 136 cm³/mol. The zero-order valence-electron chi connectivity index (χ0n) is 20.2. The number of anilines is 1. The Labute approximate surface area is 204 Å². The molecule has 1 N–H and O–H groups in total. The summed E-state index contributed by atoms with van der Waals surface area (Å²) < 4.78 is 18.4. The summed E-state index contributed by atoms with van der Waals surface area (Å²) in [5.41, 5.74) is 5.07. The quantitative estimate of drug-likeness (QED) is 0.389. The monoisotopic (exact) mass is 471 g/mol. The molecule has 4 aromatic rings. The van der Waals surface area contributed by atoms with Gasteiger partial charge in [-0.25, -0.2) is 4.79 Å². The van der Waals surface area contributed by atoms with Gasteiger partial charge in [0.2, 0.25) is 0 Å². The smallest absolute Gasteiger partial charge is 0.349 e. The molecule has 2 aromatic heterocycles. The first kappa shape index (κ1) is 22.8. The van der Waals surface area contributed by atoms with Gasteiger partial charge < -0.3 is 19.2 Å². The normalized spacial score (nSPS) is 13.0. The molecule has 0 bridgehead atoms. The first-order valence-electron chi connectivity index (χ1n) is 11.8.